The fourth-order valence-corrected chi connectivity index (χ4v) is 2.30. The maximum Gasteiger partial charge on any atom is 0.252 e. The lowest BCUT2D eigenvalue weighted by Crippen LogP contribution is -2.28. The molecule has 1 unspecified atom stereocenters. The molecule has 0 heterocycles. The van der Waals surface area contributed by atoms with Gasteiger partial charge in [0.2, 0.25) is 0 Å². The molecular weight excluding hydrogens is 286 g/mol. The minimum Gasteiger partial charge on any atom is -0.395 e. The molecule has 0 fully saturated rings. The Labute approximate surface area is 128 Å². The number of aliphatic hydroxyl groups excluding tert-OH is 1. The molecule has 114 valence electrons. The molecule has 0 bridgehead atoms. The van der Waals surface area contributed by atoms with Gasteiger partial charge in [-0.1, -0.05) is 30.4 Å². The summed E-state index contributed by atoms with van der Waals surface area (Å²) in [5.74, 6) is 6.57. The lowest BCUT2D eigenvalue weighted by atomic mass is 10.0. The van der Waals surface area contributed by atoms with Crippen molar-refractivity contribution in [1.82, 2.24) is 5.32 Å². The van der Waals surface area contributed by atoms with Crippen molar-refractivity contribution in [1.29, 1.82) is 0 Å². The molecule has 0 aromatic heterocycles. The van der Waals surface area contributed by atoms with Crippen LogP contribution in [0.4, 0.5) is 0 Å². The highest BCUT2D eigenvalue weighted by molar-refractivity contribution is 7.84. The van der Waals surface area contributed by atoms with Crippen LogP contribution in [-0.4, -0.2) is 39.9 Å². The average Bonchev–Trinajstić information content (AvgIpc) is 2.48. The smallest absolute Gasteiger partial charge is 0.252 e. The van der Waals surface area contributed by atoms with Crippen LogP contribution in [0.5, 0.6) is 0 Å². The maximum atomic E-state index is 12.2. The Bertz CT molecular complexity index is 573. The third-order valence-corrected chi connectivity index (χ3v) is 4.12. The zero-order valence-electron chi connectivity index (χ0n) is 12.4. The second-order valence-corrected chi connectivity index (χ2v) is 6.38. The summed E-state index contributed by atoms with van der Waals surface area (Å²) in [6.45, 7) is 4.15. The Morgan fingerprint density at radius 2 is 2.19 bits per heavy atom. The average molecular weight is 307 g/mol. The van der Waals surface area contributed by atoms with Gasteiger partial charge in [-0.3, -0.25) is 9.00 Å². The molecule has 1 amide bonds. The van der Waals surface area contributed by atoms with Gasteiger partial charge in [0.25, 0.3) is 5.91 Å². The Balaban J connectivity index is 2.80. The Morgan fingerprint density at radius 3 is 2.86 bits per heavy atom. The van der Waals surface area contributed by atoms with E-state index < -0.39 is 10.8 Å². The number of nitrogens with one attached hydrogen (secondary N) is 1. The van der Waals surface area contributed by atoms with Crippen molar-refractivity contribution >= 4 is 16.7 Å². The van der Waals surface area contributed by atoms with E-state index in [0.717, 1.165) is 5.56 Å². The number of carbonyl (C=O) groups is 1. The number of benzene rings is 1. The van der Waals surface area contributed by atoms with Crippen LogP contribution < -0.4 is 5.32 Å². The quantitative estimate of drug-likeness (QED) is 0.777. The van der Waals surface area contributed by atoms with E-state index >= 15 is 0 Å². The summed E-state index contributed by atoms with van der Waals surface area (Å²) in [5, 5.41) is 11.5. The van der Waals surface area contributed by atoms with Crippen molar-refractivity contribution in [3.63, 3.8) is 0 Å². The number of rotatable bonds is 6. The van der Waals surface area contributed by atoms with Crippen molar-refractivity contribution in [3.05, 3.63) is 34.9 Å². The van der Waals surface area contributed by atoms with Gasteiger partial charge < -0.3 is 10.4 Å². The predicted octanol–water partition coefficient (Wildman–Crippen LogP) is 1.23. The van der Waals surface area contributed by atoms with Crippen molar-refractivity contribution < 1.29 is 14.1 Å². The summed E-state index contributed by atoms with van der Waals surface area (Å²) in [6.07, 6.45) is 0.379. The van der Waals surface area contributed by atoms with Gasteiger partial charge in [0.1, 0.15) is 0 Å². The molecule has 0 saturated heterocycles. The first-order chi connectivity index (χ1) is 10.1. The highest BCUT2D eigenvalue weighted by atomic mass is 32.2. The van der Waals surface area contributed by atoms with Crippen LogP contribution in [0.25, 0.3) is 0 Å². The molecule has 0 spiro atoms. The molecule has 4 nitrogen and oxygen atoms in total. The van der Waals surface area contributed by atoms with E-state index in [0.29, 0.717) is 35.6 Å². The molecular formula is C16H21NO3S. The van der Waals surface area contributed by atoms with Gasteiger partial charge >= 0.3 is 0 Å². The summed E-state index contributed by atoms with van der Waals surface area (Å²) in [7, 11) is -0.886. The molecule has 1 rings (SSSR count). The van der Waals surface area contributed by atoms with Gasteiger partial charge in [-0.15, -0.1) is 0 Å². The molecule has 5 heteroatoms. The number of aliphatic hydroxyl groups is 1. The monoisotopic (exact) mass is 307 g/mol. The summed E-state index contributed by atoms with van der Waals surface area (Å²) in [4.78, 5) is 12.2. The molecule has 0 saturated carbocycles. The fourth-order valence-electron chi connectivity index (χ4n) is 1.69. The fraction of sp³-hybridized carbons (Fsp3) is 0.438. The number of hydrogen-bond acceptors (Lipinski definition) is 3. The first-order valence-corrected chi connectivity index (χ1v) is 8.40. The number of amides is 1. The SMILES string of the molecule is CCS(=O)CCNC(=O)c1cc(C)ccc1C#CCCO. The standard InChI is InChI=1S/C16H21NO3S/c1-3-21(20)11-9-17-16(19)15-12-13(2)7-8-14(15)6-4-5-10-18/h7-8,12,18H,3,5,9-11H2,1-2H3,(H,17,19). The van der Waals surface area contributed by atoms with Crippen molar-refractivity contribution in [2.24, 2.45) is 0 Å². The van der Waals surface area contributed by atoms with Gasteiger partial charge in [0, 0.05) is 40.8 Å². The lowest BCUT2D eigenvalue weighted by Gasteiger charge is -2.08. The molecule has 2 N–H and O–H groups in total. The van der Waals surface area contributed by atoms with E-state index in [9.17, 15) is 9.00 Å². The molecule has 1 aromatic carbocycles. The van der Waals surface area contributed by atoms with Crippen LogP contribution in [0.15, 0.2) is 18.2 Å². The van der Waals surface area contributed by atoms with E-state index in [1.54, 1.807) is 12.1 Å². The molecule has 0 aliphatic carbocycles. The summed E-state index contributed by atoms with van der Waals surface area (Å²) in [6, 6.07) is 5.49. The highest BCUT2D eigenvalue weighted by Gasteiger charge is 2.10. The second kappa shape index (κ2) is 9.32. The summed E-state index contributed by atoms with van der Waals surface area (Å²) >= 11 is 0. The zero-order chi connectivity index (χ0) is 15.7. The van der Waals surface area contributed by atoms with E-state index in [-0.39, 0.29) is 12.5 Å². The third kappa shape index (κ3) is 6.11. The first kappa shape index (κ1) is 17.4. The third-order valence-electron chi connectivity index (χ3n) is 2.82. The van der Waals surface area contributed by atoms with E-state index in [1.165, 1.54) is 0 Å². The number of hydrogen-bond donors (Lipinski definition) is 2. The van der Waals surface area contributed by atoms with E-state index in [4.69, 9.17) is 5.11 Å². The lowest BCUT2D eigenvalue weighted by molar-refractivity contribution is 0.0956. The number of aryl methyl sites for hydroxylation is 1. The predicted molar refractivity (Wildman–Crippen MR) is 85.6 cm³/mol. The van der Waals surface area contributed by atoms with Gasteiger partial charge in [-0.2, -0.15) is 0 Å². The van der Waals surface area contributed by atoms with E-state index in [2.05, 4.69) is 17.2 Å². The molecule has 0 aliphatic heterocycles. The van der Waals surface area contributed by atoms with Crippen molar-refractivity contribution in [2.75, 3.05) is 24.7 Å². The topological polar surface area (TPSA) is 66.4 Å². The second-order valence-electron chi connectivity index (χ2n) is 4.51. The first-order valence-electron chi connectivity index (χ1n) is 6.92. The van der Waals surface area contributed by atoms with Crippen LogP contribution in [0.3, 0.4) is 0 Å². The maximum absolute atomic E-state index is 12.2. The summed E-state index contributed by atoms with van der Waals surface area (Å²) < 4.78 is 11.3. The van der Waals surface area contributed by atoms with Crippen LogP contribution in [0, 0.1) is 18.8 Å². The van der Waals surface area contributed by atoms with Crippen LogP contribution in [0.2, 0.25) is 0 Å². The van der Waals surface area contributed by atoms with Gasteiger partial charge in [0.15, 0.2) is 0 Å². The molecule has 1 aromatic rings. The van der Waals surface area contributed by atoms with Gasteiger partial charge in [0.05, 0.1) is 12.2 Å². The Kier molecular flexibility index (Phi) is 7.73. The van der Waals surface area contributed by atoms with Gasteiger partial charge in [-0.25, -0.2) is 0 Å². The highest BCUT2D eigenvalue weighted by Crippen LogP contribution is 2.11. The Morgan fingerprint density at radius 1 is 1.43 bits per heavy atom. The normalized spacial score (nSPS) is 11.4. The van der Waals surface area contributed by atoms with E-state index in [1.807, 2.05) is 19.9 Å². The zero-order valence-corrected chi connectivity index (χ0v) is 13.3. The largest absolute Gasteiger partial charge is 0.395 e. The van der Waals surface area contributed by atoms with Crippen molar-refractivity contribution in [2.45, 2.75) is 20.3 Å². The van der Waals surface area contributed by atoms with Crippen LogP contribution in [0.1, 0.15) is 34.8 Å². The van der Waals surface area contributed by atoms with Crippen LogP contribution >= 0.6 is 0 Å². The minimum absolute atomic E-state index is 0.00320. The van der Waals surface area contributed by atoms with Gasteiger partial charge in [-0.05, 0) is 19.1 Å². The Hall–Kier alpha value is -1.64. The molecule has 0 aliphatic rings. The molecule has 21 heavy (non-hydrogen) atoms. The minimum atomic E-state index is -0.886. The molecule has 1 atom stereocenters. The van der Waals surface area contributed by atoms with Crippen molar-refractivity contribution in [3.8, 4) is 11.8 Å². The summed E-state index contributed by atoms with van der Waals surface area (Å²) in [5.41, 5.74) is 2.14. The molecule has 0 radical (unpaired) electrons. The van der Waals surface area contributed by atoms with Crippen LogP contribution in [-0.2, 0) is 10.8 Å². The number of carbonyl (C=O) groups excluding carboxylic acids is 1.